The van der Waals surface area contributed by atoms with Crippen LogP contribution >= 0.6 is 0 Å². The summed E-state index contributed by atoms with van der Waals surface area (Å²) in [5.74, 6) is 0.132. The van der Waals surface area contributed by atoms with E-state index in [4.69, 9.17) is 14.3 Å². The van der Waals surface area contributed by atoms with Gasteiger partial charge < -0.3 is 14.3 Å². The summed E-state index contributed by atoms with van der Waals surface area (Å²) >= 11 is 0. The Balaban J connectivity index is 2.05. The van der Waals surface area contributed by atoms with Crippen LogP contribution in [0.3, 0.4) is 0 Å². The summed E-state index contributed by atoms with van der Waals surface area (Å²) in [6, 6.07) is 11.0. The van der Waals surface area contributed by atoms with Crippen molar-refractivity contribution in [1.82, 2.24) is 0 Å². The number of carbonyl (C=O) groups is 1. The SMILES string of the molecule is Cc1cc(COc2ccccc2)oc1C(=O)O. The molecule has 0 aliphatic carbocycles. The topological polar surface area (TPSA) is 59.7 Å². The molecule has 0 atom stereocenters. The fourth-order valence-corrected chi connectivity index (χ4v) is 1.50. The molecule has 0 unspecified atom stereocenters. The molecule has 2 aromatic rings. The van der Waals surface area contributed by atoms with E-state index in [9.17, 15) is 4.79 Å². The lowest BCUT2D eigenvalue weighted by Gasteiger charge is -2.02. The number of ether oxygens (including phenoxy) is 1. The maximum absolute atomic E-state index is 10.8. The first-order valence-electron chi connectivity index (χ1n) is 5.17. The lowest BCUT2D eigenvalue weighted by Crippen LogP contribution is -1.96. The molecule has 1 heterocycles. The molecule has 1 N–H and O–H groups in total. The van der Waals surface area contributed by atoms with Crippen LogP contribution < -0.4 is 4.74 Å². The zero-order valence-corrected chi connectivity index (χ0v) is 9.34. The van der Waals surface area contributed by atoms with Crippen molar-refractivity contribution < 1.29 is 19.1 Å². The summed E-state index contributed by atoms with van der Waals surface area (Å²) in [6.45, 7) is 1.91. The summed E-state index contributed by atoms with van der Waals surface area (Å²) in [7, 11) is 0. The van der Waals surface area contributed by atoms with Gasteiger partial charge in [0.2, 0.25) is 5.76 Å². The van der Waals surface area contributed by atoms with Crippen LogP contribution in [0.15, 0.2) is 40.8 Å². The average molecular weight is 232 g/mol. The maximum atomic E-state index is 10.8. The van der Waals surface area contributed by atoms with Gasteiger partial charge in [-0.25, -0.2) is 4.79 Å². The second-order valence-electron chi connectivity index (χ2n) is 3.63. The highest BCUT2D eigenvalue weighted by molar-refractivity contribution is 5.86. The molecule has 0 amide bonds. The summed E-state index contributed by atoms with van der Waals surface area (Å²) in [4.78, 5) is 10.8. The third-order valence-corrected chi connectivity index (χ3v) is 2.29. The molecule has 2 rings (SSSR count). The highest BCUT2D eigenvalue weighted by Crippen LogP contribution is 2.17. The van der Waals surface area contributed by atoms with E-state index in [1.54, 1.807) is 13.0 Å². The molecule has 1 aromatic carbocycles. The van der Waals surface area contributed by atoms with E-state index in [1.807, 2.05) is 30.3 Å². The third-order valence-electron chi connectivity index (χ3n) is 2.29. The molecule has 0 aliphatic heterocycles. The molecule has 1 aromatic heterocycles. The van der Waals surface area contributed by atoms with Crippen LogP contribution in [0.4, 0.5) is 0 Å². The summed E-state index contributed by atoms with van der Waals surface area (Å²) in [6.07, 6.45) is 0. The normalized spacial score (nSPS) is 10.2. The Kier molecular flexibility index (Phi) is 3.14. The van der Waals surface area contributed by atoms with Crippen molar-refractivity contribution in [3.63, 3.8) is 0 Å². The van der Waals surface area contributed by atoms with E-state index in [0.29, 0.717) is 11.3 Å². The lowest BCUT2D eigenvalue weighted by molar-refractivity contribution is 0.0657. The van der Waals surface area contributed by atoms with Crippen molar-refractivity contribution in [3.05, 3.63) is 53.5 Å². The zero-order valence-electron chi connectivity index (χ0n) is 9.34. The van der Waals surface area contributed by atoms with Gasteiger partial charge in [-0.2, -0.15) is 0 Å². The first-order chi connectivity index (χ1) is 8.16. The van der Waals surface area contributed by atoms with Crippen LogP contribution in [-0.2, 0) is 6.61 Å². The van der Waals surface area contributed by atoms with E-state index >= 15 is 0 Å². The fraction of sp³-hybridized carbons (Fsp3) is 0.154. The number of aryl methyl sites for hydroxylation is 1. The van der Waals surface area contributed by atoms with E-state index in [2.05, 4.69) is 0 Å². The standard InChI is InChI=1S/C13H12O4/c1-9-7-11(17-12(9)13(14)15)8-16-10-5-3-2-4-6-10/h2-7H,8H2,1H3,(H,14,15). The number of carboxylic acids is 1. The van der Waals surface area contributed by atoms with Crippen molar-refractivity contribution in [1.29, 1.82) is 0 Å². The molecule has 17 heavy (non-hydrogen) atoms. The average Bonchev–Trinajstić information content (AvgIpc) is 2.69. The van der Waals surface area contributed by atoms with Crippen molar-refractivity contribution in [2.75, 3.05) is 0 Å². The highest BCUT2D eigenvalue weighted by atomic mass is 16.5. The quantitative estimate of drug-likeness (QED) is 0.880. The van der Waals surface area contributed by atoms with Crippen LogP contribution in [-0.4, -0.2) is 11.1 Å². The van der Waals surface area contributed by atoms with E-state index in [-0.39, 0.29) is 12.4 Å². The van der Waals surface area contributed by atoms with Crippen LogP contribution in [0, 0.1) is 6.92 Å². The van der Waals surface area contributed by atoms with E-state index in [1.165, 1.54) is 0 Å². The van der Waals surface area contributed by atoms with Gasteiger partial charge in [0, 0.05) is 5.56 Å². The molecule has 4 heteroatoms. The van der Waals surface area contributed by atoms with Crippen LogP contribution in [0.2, 0.25) is 0 Å². The minimum atomic E-state index is -1.06. The van der Waals surface area contributed by atoms with Crippen molar-refractivity contribution in [2.24, 2.45) is 0 Å². The molecule has 88 valence electrons. The molecule has 0 aliphatic rings. The fourth-order valence-electron chi connectivity index (χ4n) is 1.50. The minimum absolute atomic E-state index is 0.0309. The van der Waals surface area contributed by atoms with Crippen LogP contribution in [0.1, 0.15) is 21.9 Å². The molecule has 0 radical (unpaired) electrons. The number of rotatable bonds is 4. The van der Waals surface area contributed by atoms with Gasteiger partial charge in [-0.15, -0.1) is 0 Å². The van der Waals surface area contributed by atoms with Gasteiger partial charge in [0.15, 0.2) is 0 Å². The second kappa shape index (κ2) is 4.74. The van der Waals surface area contributed by atoms with Gasteiger partial charge in [-0.05, 0) is 25.1 Å². The number of para-hydroxylation sites is 1. The van der Waals surface area contributed by atoms with Crippen LogP contribution in [0.5, 0.6) is 5.75 Å². The number of benzene rings is 1. The number of carboxylic acid groups (broad SMARTS) is 1. The third kappa shape index (κ3) is 2.66. The van der Waals surface area contributed by atoms with E-state index < -0.39 is 5.97 Å². The first-order valence-corrected chi connectivity index (χ1v) is 5.17. The Bertz CT molecular complexity index is 513. The maximum Gasteiger partial charge on any atom is 0.372 e. The molecule has 0 bridgehead atoms. The lowest BCUT2D eigenvalue weighted by atomic mass is 10.3. The van der Waals surface area contributed by atoms with Gasteiger partial charge in [-0.3, -0.25) is 0 Å². The van der Waals surface area contributed by atoms with Gasteiger partial charge in [0.25, 0.3) is 0 Å². The van der Waals surface area contributed by atoms with Crippen LogP contribution in [0.25, 0.3) is 0 Å². The Labute approximate surface area is 98.4 Å². The Hall–Kier alpha value is -2.23. The predicted octanol–water partition coefficient (Wildman–Crippen LogP) is 2.87. The first kappa shape index (κ1) is 11.3. The summed E-state index contributed by atoms with van der Waals surface area (Å²) in [5.41, 5.74) is 0.601. The predicted molar refractivity (Wildman–Crippen MR) is 61.2 cm³/mol. The molecular formula is C13H12O4. The monoisotopic (exact) mass is 232 g/mol. The largest absolute Gasteiger partial charge is 0.486 e. The summed E-state index contributed by atoms with van der Waals surface area (Å²) in [5, 5.41) is 8.83. The smallest absolute Gasteiger partial charge is 0.372 e. The Morgan fingerprint density at radius 2 is 2.06 bits per heavy atom. The Morgan fingerprint density at radius 3 is 2.65 bits per heavy atom. The molecule has 0 fully saturated rings. The number of furan rings is 1. The Morgan fingerprint density at radius 1 is 1.35 bits per heavy atom. The van der Waals surface area contributed by atoms with Crippen molar-refractivity contribution in [3.8, 4) is 5.75 Å². The van der Waals surface area contributed by atoms with Crippen molar-refractivity contribution >= 4 is 5.97 Å². The zero-order chi connectivity index (χ0) is 12.3. The van der Waals surface area contributed by atoms with Gasteiger partial charge in [0.1, 0.15) is 18.1 Å². The molecule has 0 saturated carbocycles. The summed E-state index contributed by atoms with van der Waals surface area (Å²) < 4.78 is 10.6. The molecule has 0 spiro atoms. The number of hydrogen-bond acceptors (Lipinski definition) is 3. The number of aromatic carboxylic acids is 1. The van der Waals surface area contributed by atoms with Gasteiger partial charge >= 0.3 is 5.97 Å². The minimum Gasteiger partial charge on any atom is -0.486 e. The van der Waals surface area contributed by atoms with Crippen molar-refractivity contribution in [2.45, 2.75) is 13.5 Å². The molecule has 4 nitrogen and oxygen atoms in total. The second-order valence-corrected chi connectivity index (χ2v) is 3.63. The highest BCUT2D eigenvalue weighted by Gasteiger charge is 2.14. The molecule has 0 saturated heterocycles. The van der Waals surface area contributed by atoms with Gasteiger partial charge in [0.05, 0.1) is 0 Å². The van der Waals surface area contributed by atoms with Gasteiger partial charge in [-0.1, -0.05) is 18.2 Å². The molecular weight excluding hydrogens is 220 g/mol. The van der Waals surface area contributed by atoms with E-state index in [0.717, 1.165) is 5.75 Å². The number of hydrogen-bond donors (Lipinski definition) is 1.